The minimum absolute atomic E-state index is 0.195. The third kappa shape index (κ3) is 2.55. The number of hydrogen-bond donors (Lipinski definition) is 1. The molecule has 1 aromatic heterocycles. The quantitative estimate of drug-likeness (QED) is 0.348. The molecule has 0 bridgehead atoms. The van der Waals surface area contributed by atoms with Gasteiger partial charge in [-0.3, -0.25) is 0 Å². The highest BCUT2D eigenvalue weighted by molar-refractivity contribution is 5.94. The molecule has 0 amide bonds. The molecule has 1 aliphatic carbocycles. The fraction of sp³-hybridized carbons (Fsp3) is 0.0714. The Hall–Kier alpha value is -3.58. The number of nitrogens with one attached hydrogen (secondary N) is 1. The Morgan fingerprint density at radius 3 is 2.38 bits per heavy atom. The van der Waals surface area contributed by atoms with Crippen LogP contribution in [0.5, 0.6) is 0 Å². The molecule has 1 nitrogen and oxygen atoms in total. The van der Waals surface area contributed by atoms with Crippen molar-refractivity contribution in [1.82, 2.24) is 4.98 Å². The van der Waals surface area contributed by atoms with Gasteiger partial charge in [-0.05, 0) is 51.1 Å². The summed E-state index contributed by atoms with van der Waals surface area (Å²) in [6.45, 7) is 0. The van der Waals surface area contributed by atoms with Gasteiger partial charge < -0.3 is 4.98 Å². The summed E-state index contributed by atoms with van der Waals surface area (Å²) in [6.07, 6.45) is 5.65. The van der Waals surface area contributed by atoms with Crippen molar-refractivity contribution in [3.63, 3.8) is 0 Å². The summed E-state index contributed by atoms with van der Waals surface area (Å²) >= 11 is 0. The molecule has 1 heteroatoms. The number of rotatable bonds is 3. The van der Waals surface area contributed by atoms with Gasteiger partial charge in [0.05, 0.1) is 0 Å². The Labute approximate surface area is 170 Å². The lowest BCUT2D eigenvalue weighted by molar-refractivity contribution is 1.08. The second-order valence-electron chi connectivity index (χ2n) is 7.81. The zero-order valence-electron chi connectivity index (χ0n) is 16.1. The molecule has 1 unspecified atom stereocenters. The third-order valence-electron chi connectivity index (χ3n) is 6.25. The Kier molecular flexibility index (Phi) is 3.67. The molecule has 1 heterocycles. The van der Waals surface area contributed by atoms with E-state index in [4.69, 9.17) is 0 Å². The maximum absolute atomic E-state index is 3.51. The summed E-state index contributed by atoms with van der Waals surface area (Å²) in [4.78, 5) is 3.51. The fourth-order valence-electron chi connectivity index (χ4n) is 4.92. The monoisotopic (exact) mass is 371 g/mol. The summed E-state index contributed by atoms with van der Waals surface area (Å²) < 4.78 is 0. The van der Waals surface area contributed by atoms with Crippen LogP contribution in [0.4, 0.5) is 0 Å². The largest absolute Gasteiger partial charge is 0.361 e. The number of hydrogen-bond acceptors (Lipinski definition) is 0. The van der Waals surface area contributed by atoms with E-state index >= 15 is 0 Å². The van der Waals surface area contributed by atoms with Crippen LogP contribution in [-0.4, -0.2) is 4.98 Å². The predicted molar refractivity (Wildman–Crippen MR) is 122 cm³/mol. The van der Waals surface area contributed by atoms with Gasteiger partial charge in [0.1, 0.15) is 0 Å². The molecule has 138 valence electrons. The predicted octanol–water partition coefficient (Wildman–Crippen LogP) is 7.09. The highest BCUT2D eigenvalue weighted by Crippen LogP contribution is 2.46. The molecular formula is C28H21N. The topological polar surface area (TPSA) is 15.8 Å². The maximum atomic E-state index is 3.51. The van der Waals surface area contributed by atoms with Crippen molar-refractivity contribution in [1.29, 1.82) is 0 Å². The highest BCUT2D eigenvalue weighted by Gasteiger charge is 2.28. The van der Waals surface area contributed by atoms with E-state index in [9.17, 15) is 0 Å². The van der Waals surface area contributed by atoms with Crippen LogP contribution in [0.15, 0.2) is 103 Å². The Morgan fingerprint density at radius 1 is 0.655 bits per heavy atom. The van der Waals surface area contributed by atoms with E-state index in [1.165, 1.54) is 49.5 Å². The molecule has 0 saturated heterocycles. The molecule has 1 N–H and O–H groups in total. The van der Waals surface area contributed by atoms with Gasteiger partial charge in [-0.25, -0.2) is 0 Å². The average Bonchev–Trinajstić information content (AvgIpc) is 3.40. The van der Waals surface area contributed by atoms with E-state index in [0.29, 0.717) is 0 Å². The fourth-order valence-corrected chi connectivity index (χ4v) is 4.92. The van der Waals surface area contributed by atoms with Crippen molar-refractivity contribution < 1.29 is 0 Å². The average molecular weight is 371 g/mol. The van der Waals surface area contributed by atoms with Crippen molar-refractivity contribution in [3.8, 4) is 0 Å². The Balaban J connectivity index is 1.66. The Morgan fingerprint density at radius 2 is 1.41 bits per heavy atom. The van der Waals surface area contributed by atoms with Gasteiger partial charge in [0.2, 0.25) is 0 Å². The lowest BCUT2D eigenvalue weighted by Gasteiger charge is -2.22. The lowest BCUT2D eigenvalue weighted by Crippen LogP contribution is -2.04. The molecule has 29 heavy (non-hydrogen) atoms. The molecule has 0 radical (unpaired) electrons. The first-order chi connectivity index (χ1) is 14.4. The van der Waals surface area contributed by atoms with Crippen molar-refractivity contribution in [2.75, 3.05) is 0 Å². The number of para-hydroxylation sites is 1. The van der Waals surface area contributed by atoms with Crippen molar-refractivity contribution in [2.45, 2.75) is 12.3 Å². The summed E-state index contributed by atoms with van der Waals surface area (Å²) in [6, 6.07) is 32.9. The Bertz CT molecular complexity index is 1380. The molecule has 0 saturated carbocycles. The van der Waals surface area contributed by atoms with Gasteiger partial charge in [0, 0.05) is 23.0 Å². The smallest absolute Gasteiger partial charge is 0.0457 e. The van der Waals surface area contributed by atoms with E-state index in [0.717, 1.165) is 6.42 Å². The highest BCUT2D eigenvalue weighted by atomic mass is 14.7. The first kappa shape index (κ1) is 16.4. The first-order valence-electron chi connectivity index (χ1n) is 10.2. The number of H-pyrrole nitrogens is 1. The molecular weight excluding hydrogens is 350 g/mol. The van der Waals surface area contributed by atoms with Crippen LogP contribution < -0.4 is 0 Å². The van der Waals surface area contributed by atoms with Gasteiger partial charge in [-0.2, -0.15) is 0 Å². The lowest BCUT2D eigenvalue weighted by atomic mass is 9.80. The van der Waals surface area contributed by atoms with Gasteiger partial charge in [0.25, 0.3) is 0 Å². The minimum atomic E-state index is 0.195. The summed E-state index contributed by atoms with van der Waals surface area (Å²) in [7, 11) is 0. The van der Waals surface area contributed by atoms with E-state index in [1.54, 1.807) is 0 Å². The van der Waals surface area contributed by atoms with Crippen molar-refractivity contribution in [2.24, 2.45) is 0 Å². The number of fused-ring (bicyclic) bond motifs is 3. The second-order valence-corrected chi connectivity index (χ2v) is 7.81. The molecule has 5 aromatic rings. The number of benzene rings is 4. The zero-order chi connectivity index (χ0) is 19.2. The number of aromatic amines is 1. The molecule has 1 aliphatic rings. The van der Waals surface area contributed by atoms with Crippen LogP contribution in [0, 0.1) is 0 Å². The SMILES string of the molecule is C1=C(C(c2cccc3ccccc23)c2c[nH]c3ccccc23)c2ccccc2C1. The van der Waals surface area contributed by atoms with Crippen molar-refractivity contribution >= 4 is 27.2 Å². The van der Waals surface area contributed by atoms with E-state index < -0.39 is 0 Å². The van der Waals surface area contributed by atoms with Gasteiger partial charge in [-0.15, -0.1) is 0 Å². The molecule has 0 aliphatic heterocycles. The van der Waals surface area contributed by atoms with Crippen LogP contribution >= 0.6 is 0 Å². The van der Waals surface area contributed by atoms with Gasteiger partial charge in [0.15, 0.2) is 0 Å². The van der Waals surface area contributed by atoms with Gasteiger partial charge in [-0.1, -0.05) is 91.0 Å². The van der Waals surface area contributed by atoms with Crippen LogP contribution in [-0.2, 0) is 6.42 Å². The molecule has 0 spiro atoms. The van der Waals surface area contributed by atoms with Crippen LogP contribution in [0.3, 0.4) is 0 Å². The normalized spacial score (nSPS) is 14.1. The number of aromatic nitrogens is 1. The van der Waals surface area contributed by atoms with E-state index in [-0.39, 0.29) is 5.92 Å². The van der Waals surface area contributed by atoms with E-state index in [2.05, 4.69) is 108 Å². The second kappa shape index (κ2) is 6.49. The van der Waals surface area contributed by atoms with Crippen LogP contribution in [0.2, 0.25) is 0 Å². The summed E-state index contributed by atoms with van der Waals surface area (Å²) in [5.41, 5.74) is 8.14. The molecule has 6 rings (SSSR count). The maximum Gasteiger partial charge on any atom is 0.0457 e. The standard InChI is InChI=1S/C28H21N/c1-3-11-21-19(8-1)10-7-14-24(21)28(25-17-16-20-9-2-4-12-22(20)25)26-18-29-27-15-6-5-13-23(26)27/h1-15,17-18,28-29H,16H2. The third-order valence-corrected chi connectivity index (χ3v) is 6.25. The van der Waals surface area contributed by atoms with Crippen LogP contribution in [0.25, 0.3) is 27.2 Å². The molecule has 1 atom stereocenters. The summed E-state index contributed by atoms with van der Waals surface area (Å²) in [5, 5.41) is 3.92. The minimum Gasteiger partial charge on any atom is -0.361 e. The first-order valence-corrected chi connectivity index (χ1v) is 10.2. The summed E-state index contributed by atoms with van der Waals surface area (Å²) in [5.74, 6) is 0.195. The van der Waals surface area contributed by atoms with Crippen molar-refractivity contribution in [3.05, 3.63) is 126 Å². The molecule has 4 aromatic carbocycles. The van der Waals surface area contributed by atoms with Crippen LogP contribution in [0.1, 0.15) is 28.2 Å². The zero-order valence-corrected chi connectivity index (χ0v) is 16.1. The molecule has 0 fully saturated rings. The van der Waals surface area contributed by atoms with E-state index in [1.807, 2.05) is 0 Å². The van der Waals surface area contributed by atoms with Gasteiger partial charge >= 0.3 is 0 Å². The number of allylic oxidation sites excluding steroid dienone is 2.